The summed E-state index contributed by atoms with van der Waals surface area (Å²) in [6.45, 7) is 0.520. The van der Waals surface area contributed by atoms with E-state index in [9.17, 15) is 9.18 Å². The summed E-state index contributed by atoms with van der Waals surface area (Å²) in [6.07, 6.45) is 1.55. The molecule has 0 atom stereocenters. The lowest BCUT2D eigenvalue weighted by atomic mass is 10.1. The number of aromatic nitrogens is 2. The SMILES string of the molecule is O=C(Nc1nn(Cc2ccccc2F)cc1Cl)c1cccc(COc2ccc(Br)cc2)c1. The van der Waals surface area contributed by atoms with Gasteiger partial charge in [0.2, 0.25) is 0 Å². The number of hydrogen-bond donors (Lipinski definition) is 1. The van der Waals surface area contributed by atoms with Crippen molar-refractivity contribution in [3.63, 3.8) is 0 Å². The van der Waals surface area contributed by atoms with Gasteiger partial charge < -0.3 is 10.1 Å². The van der Waals surface area contributed by atoms with Crippen LogP contribution in [0.3, 0.4) is 0 Å². The Kier molecular flexibility index (Phi) is 6.87. The third-order valence-corrected chi connectivity index (χ3v) is 5.45. The first-order valence-electron chi connectivity index (χ1n) is 9.73. The molecule has 4 aromatic rings. The minimum atomic E-state index is -0.353. The first-order valence-corrected chi connectivity index (χ1v) is 10.9. The lowest BCUT2D eigenvalue weighted by molar-refractivity contribution is 0.102. The van der Waals surface area contributed by atoms with E-state index >= 15 is 0 Å². The summed E-state index contributed by atoms with van der Waals surface area (Å²) in [4.78, 5) is 12.7. The second kappa shape index (κ2) is 9.97. The van der Waals surface area contributed by atoms with Crippen molar-refractivity contribution in [2.45, 2.75) is 13.2 Å². The molecule has 5 nitrogen and oxygen atoms in total. The van der Waals surface area contributed by atoms with Gasteiger partial charge >= 0.3 is 0 Å². The first-order chi connectivity index (χ1) is 15.5. The molecule has 0 bridgehead atoms. The first kappa shape index (κ1) is 22.0. The van der Waals surface area contributed by atoms with Crippen LogP contribution in [0.15, 0.2) is 83.5 Å². The standard InChI is InChI=1S/C24H18BrClFN3O2/c25-19-8-10-20(11-9-19)32-15-16-4-3-6-17(12-16)24(31)28-23-21(26)14-30(29-23)13-18-5-1-2-7-22(18)27/h1-12,14H,13,15H2,(H,28,29,31). The molecular weight excluding hydrogens is 497 g/mol. The number of carbonyl (C=O) groups is 1. The van der Waals surface area contributed by atoms with Gasteiger partial charge in [0.15, 0.2) is 5.82 Å². The fourth-order valence-electron chi connectivity index (χ4n) is 3.04. The maximum Gasteiger partial charge on any atom is 0.256 e. The van der Waals surface area contributed by atoms with Gasteiger partial charge in [0.05, 0.1) is 6.54 Å². The second-order valence-electron chi connectivity index (χ2n) is 7.01. The summed E-state index contributed by atoms with van der Waals surface area (Å²) in [5, 5.41) is 7.25. The molecule has 1 aromatic heterocycles. The molecule has 0 spiro atoms. The van der Waals surface area contributed by atoms with Crippen LogP contribution < -0.4 is 10.1 Å². The molecule has 3 aromatic carbocycles. The number of carbonyl (C=O) groups excluding carboxylic acids is 1. The highest BCUT2D eigenvalue weighted by atomic mass is 79.9. The summed E-state index contributed by atoms with van der Waals surface area (Å²) in [5.74, 6) is 0.264. The van der Waals surface area contributed by atoms with Gasteiger partial charge in [0.25, 0.3) is 5.91 Å². The number of amides is 1. The Morgan fingerprint density at radius 3 is 2.66 bits per heavy atom. The number of benzene rings is 3. The number of rotatable bonds is 7. The Hall–Kier alpha value is -3.16. The number of hydrogen-bond acceptors (Lipinski definition) is 3. The van der Waals surface area contributed by atoms with Gasteiger partial charge in [-0.15, -0.1) is 0 Å². The van der Waals surface area contributed by atoms with Gasteiger partial charge in [0, 0.05) is 21.8 Å². The lowest BCUT2D eigenvalue weighted by Gasteiger charge is -2.08. The molecule has 0 unspecified atom stereocenters. The van der Waals surface area contributed by atoms with E-state index in [4.69, 9.17) is 16.3 Å². The molecule has 4 rings (SSSR count). The molecule has 8 heteroatoms. The van der Waals surface area contributed by atoms with Crippen LogP contribution in [0.25, 0.3) is 0 Å². The fraction of sp³-hybridized carbons (Fsp3) is 0.0833. The zero-order valence-corrected chi connectivity index (χ0v) is 19.1. The Morgan fingerprint density at radius 1 is 1.09 bits per heavy atom. The highest BCUT2D eigenvalue weighted by Gasteiger charge is 2.14. The molecule has 1 heterocycles. The van der Waals surface area contributed by atoms with Crippen molar-refractivity contribution in [1.82, 2.24) is 9.78 Å². The van der Waals surface area contributed by atoms with E-state index in [0.717, 1.165) is 15.8 Å². The van der Waals surface area contributed by atoms with Crippen molar-refractivity contribution in [2.75, 3.05) is 5.32 Å². The number of nitrogens with zero attached hydrogens (tertiary/aromatic N) is 2. The Morgan fingerprint density at radius 2 is 1.88 bits per heavy atom. The summed E-state index contributed by atoms with van der Waals surface area (Å²) in [7, 11) is 0. The topological polar surface area (TPSA) is 56.2 Å². The highest BCUT2D eigenvalue weighted by molar-refractivity contribution is 9.10. The van der Waals surface area contributed by atoms with E-state index in [1.165, 1.54) is 10.7 Å². The van der Waals surface area contributed by atoms with E-state index in [1.54, 1.807) is 42.6 Å². The molecule has 0 aliphatic rings. The molecule has 1 amide bonds. The van der Waals surface area contributed by atoms with Crippen molar-refractivity contribution in [1.29, 1.82) is 0 Å². The van der Waals surface area contributed by atoms with Crippen LogP contribution in [-0.4, -0.2) is 15.7 Å². The minimum Gasteiger partial charge on any atom is -0.489 e. The van der Waals surface area contributed by atoms with Gasteiger partial charge in [-0.05, 0) is 48.0 Å². The third kappa shape index (κ3) is 5.55. The van der Waals surface area contributed by atoms with Crippen molar-refractivity contribution >= 4 is 39.3 Å². The summed E-state index contributed by atoms with van der Waals surface area (Å²) < 4.78 is 22.1. The summed E-state index contributed by atoms with van der Waals surface area (Å²) in [5.41, 5.74) is 1.77. The van der Waals surface area contributed by atoms with Crippen LogP contribution in [0.2, 0.25) is 5.02 Å². The second-order valence-corrected chi connectivity index (χ2v) is 8.33. The monoisotopic (exact) mass is 513 g/mol. The highest BCUT2D eigenvalue weighted by Crippen LogP contribution is 2.22. The Bertz CT molecular complexity index is 1240. The van der Waals surface area contributed by atoms with Crippen LogP contribution >= 0.6 is 27.5 Å². The lowest BCUT2D eigenvalue weighted by Crippen LogP contribution is -2.13. The Balaban J connectivity index is 1.41. The number of halogens is 3. The maximum atomic E-state index is 13.9. The van der Waals surface area contributed by atoms with Crippen molar-refractivity contribution < 1.29 is 13.9 Å². The smallest absolute Gasteiger partial charge is 0.256 e. The van der Waals surface area contributed by atoms with Crippen molar-refractivity contribution in [3.8, 4) is 5.75 Å². The quantitative estimate of drug-likeness (QED) is 0.314. The normalized spacial score (nSPS) is 10.7. The van der Waals surface area contributed by atoms with E-state index in [2.05, 4.69) is 26.3 Å². The Labute approximate surface area is 197 Å². The molecule has 0 saturated carbocycles. The largest absolute Gasteiger partial charge is 0.489 e. The van der Waals surface area contributed by atoms with Crippen LogP contribution in [0, 0.1) is 5.82 Å². The van der Waals surface area contributed by atoms with Crippen LogP contribution in [-0.2, 0) is 13.2 Å². The zero-order chi connectivity index (χ0) is 22.5. The summed E-state index contributed by atoms with van der Waals surface area (Å²) >= 11 is 9.61. The predicted octanol–water partition coefficient (Wildman–Crippen LogP) is 6.32. The van der Waals surface area contributed by atoms with Gasteiger partial charge in [-0.25, -0.2) is 4.39 Å². The van der Waals surface area contributed by atoms with E-state index in [0.29, 0.717) is 17.7 Å². The average Bonchev–Trinajstić information content (AvgIpc) is 3.13. The van der Waals surface area contributed by atoms with Gasteiger partial charge in [-0.1, -0.05) is 57.9 Å². The minimum absolute atomic E-state index is 0.200. The molecule has 0 aliphatic carbocycles. The molecule has 32 heavy (non-hydrogen) atoms. The molecule has 0 saturated heterocycles. The molecule has 1 N–H and O–H groups in total. The van der Waals surface area contributed by atoms with Crippen LogP contribution in [0.1, 0.15) is 21.5 Å². The molecular formula is C24H18BrClFN3O2. The maximum absolute atomic E-state index is 13.9. The van der Waals surface area contributed by atoms with Crippen LogP contribution in [0.4, 0.5) is 10.2 Å². The van der Waals surface area contributed by atoms with Crippen molar-refractivity contribution in [3.05, 3.63) is 111 Å². The van der Waals surface area contributed by atoms with E-state index < -0.39 is 0 Å². The number of nitrogens with one attached hydrogen (secondary N) is 1. The molecule has 0 aliphatic heterocycles. The van der Waals surface area contributed by atoms with Gasteiger partial charge in [0.1, 0.15) is 23.2 Å². The number of ether oxygens (including phenoxy) is 1. The van der Waals surface area contributed by atoms with Gasteiger partial charge in [-0.3, -0.25) is 9.48 Å². The molecule has 0 fully saturated rings. The van der Waals surface area contributed by atoms with E-state index in [-0.39, 0.29) is 29.1 Å². The fourth-order valence-corrected chi connectivity index (χ4v) is 3.51. The molecule has 162 valence electrons. The van der Waals surface area contributed by atoms with E-state index in [1.807, 2.05) is 30.3 Å². The zero-order valence-electron chi connectivity index (χ0n) is 16.8. The summed E-state index contributed by atoms with van der Waals surface area (Å²) in [6, 6.07) is 21.1. The number of anilines is 1. The molecule has 0 radical (unpaired) electrons. The van der Waals surface area contributed by atoms with Crippen LogP contribution in [0.5, 0.6) is 5.75 Å². The average molecular weight is 515 g/mol. The van der Waals surface area contributed by atoms with Crippen molar-refractivity contribution in [2.24, 2.45) is 0 Å². The van der Waals surface area contributed by atoms with Gasteiger partial charge in [-0.2, -0.15) is 5.10 Å². The predicted molar refractivity (Wildman–Crippen MR) is 126 cm³/mol. The third-order valence-electron chi connectivity index (χ3n) is 4.65.